The van der Waals surface area contributed by atoms with Crippen LogP contribution in [0.3, 0.4) is 0 Å². The molecule has 0 aliphatic carbocycles. The Balaban J connectivity index is 2.58. The Labute approximate surface area is 123 Å². The van der Waals surface area contributed by atoms with Crippen LogP contribution >= 0.6 is 0 Å². The number of aliphatic hydroxyl groups is 1. The standard InChI is InChI=1S/C17H29NO2/c1-3-10-17(19,11-4-2)14-20-16-9-5-7-15(13-16)8-6-12-18/h5,7,9,13,19H,3-4,6,8,10-12,14,18H2,1-2H3. The van der Waals surface area contributed by atoms with Gasteiger partial charge in [-0.2, -0.15) is 0 Å². The van der Waals surface area contributed by atoms with Gasteiger partial charge in [-0.05, 0) is 49.9 Å². The van der Waals surface area contributed by atoms with Gasteiger partial charge in [0, 0.05) is 0 Å². The second kappa shape index (κ2) is 8.98. The Morgan fingerprint density at radius 2 is 1.90 bits per heavy atom. The Morgan fingerprint density at radius 1 is 1.20 bits per heavy atom. The molecule has 0 bridgehead atoms. The van der Waals surface area contributed by atoms with Crippen LogP contribution in [0, 0.1) is 0 Å². The third-order valence-corrected chi connectivity index (χ3v) is 3.51. The predicted octanol–water partition coefficient (Wildman–Crippen LogP) is 3.29. The SMILES string of the molecule is CCCC(O)(CCC)COc1cccc(CCCN)c1. The lowest BCUT2D eigenvalue weighted by Gasteiger charge is -2.27. The van der Waals surface area contributed by atoms with Gasteiger partial charge >= 0.3 is 0 Å². The largest absolute Gasteiger partial charge is 0.491 e. The molecular formula is C17H29NO2. The minimum absolute atomic E-state index is 0.370. The molecule has 0 saturated heterocycles. The van der Waals surface area contributed by atoms with Crippen molar-refractivity contribution < 1.29 is 9.84 Å². The maximum atomic E-state index is 10.5. The van der Waals surface area contributed by atoms with Crippen molar-refractivity contribution in [2.75, 3.05) is 13.2 Å². The van der Waals surface area contributed by atoms with Crippen molar-refractivity contribution in [3.05, 3.63) is 29.8 Å². The summed E-state index contributed by atoms with van der Waals surface area (Å²) in [7, 11) is 0. The van der Waals surface area contributed by atoms with Crippen molar-refractivity contribution in [2.45, 2.75) is 58.0 Å². The summed E-state index contributed by atoms with van der Waals surface area (Å²) < 4.78 is 5.82. The summed E-state index contributed by atoms with van der Waals surface area (Å²) in [6, 6.07) is 8.09. The first-order valence-electron chi connectivity index (χ1n) is 7.77. The van der Waals surface area contributed by atoms with Gasteiger partial charge in [0.2, 0.25) is 0 Å². The lowest BCUT2D eigenvalue weighted by Crippen LogP contribution is -2.35. The van der Waals surface area contributed by atoms with E-state index in [0.29, 0.717) is 13.2 Å². The van der Waals surface area contributed by atoms with Crippen molar-refractivity contribution in [1.29, 1.82) is 0 Å². The number of nitrogens with two attached hydrogens (primary N) is 1. The zero-order valence-corrected chi connectivity index (χ0v) is 12.9. The van der Waals surface area contributed by atoms with Gasteiger partial charge in [-0.25, -0.2) is 0 Å². The van der Waals surface area contributed by atoms with Crippen LogP contribution in [0.1, 0.15) is 51.5 Å². The van der Waals surface area contributed by atoms with Crippen molar-refractivity contribution in [2.24, 2.45) is 5.73 Å². The van der Waals surface area contributed by atoms with E-state index in [9.17, 15) is 5.11 Å². The molecule has 0 heterocycles. The smallest absolute Gasteiger partial charge is 0.119 e. The van der Waals surface area contributed by atoms with Crippen LogP contribution in [-0.2, 0) is 6.42 Å². The molecule has 3 N–H and O–H groups in total. The van der Waals surface area contributed by atoms with E-state index < -0.39 is 5.60 Å². The lowest BCUT2D eigenvalue weighted by atomic mass is 9.94. The number of ether oxygens (including phenoxy) is 1. The zero-order chi connectivity index (χ0) is 14.8. The molecule has 1 aromatic rings. The molecule has 0 radical (unpaired) electrons. The maximum Gasteiger partial charge on any atom is 0.119 e. The second-order valence-electron chi connectivity index (χ2n) is 5.55. The van der Waals surface area contributed by atoms with Gasteiger partial charge in [-0.1, -0.05) is 38.8 Å². The molecule has 0 saturated carbocycles. The number of aryl methyl sites for hydroxylation is 1. The zero-order valence-electron chi connectivity index (χ0n) is 12.9. The molecule has 3 heteroatoms. The molecule has 1 rings (SSSR count). The molecule has 0 fully saturated rings. The summed E-state index contributed by atoms with van der Waals surface area (Å²) in [6.07, 6.45) is 5.47. The summed E-state index contributed by atoms with van der Waals surface area (Å²) in [6.45, 7) is 5.26. The highest BCUT2D eigenvalue weighted by Gasteiger charge is 2.25. The van der Waals surface area contributed by atoms with E-state index in [0.717, 1.165) is 44.3 Å². The van der Waals surface area contributed by atoms with Crippen molar-refractivity contribution >= 4 is 0 Å². The molecule has 0 aliphatic rings. The fraction of sp³-hybridized carbons (Fsp3) is 0.647. The van der Waals surface area contributed by atoms with Crippen LogP contribution < -0.4 is 10.5 Å². The topological polar surface area (TPSA) is 55.5 Å². The fourth-order valence-electron chi connectivity index (χ4n) is 2.51. The van der Waals surface area contributed by atoms with Crippen molar-refractivity contribution in [1.82, 2.24) is 0 Å². The van der Waals surface area contributed by atoms with E-state index in [-0.39, 0.29) is 0 Å². The first-order valence-corrected chi connectivity index (χ1v) is 7.77. The fourth-order valence-corrected chi connectivity index (χ4v) is 2.51. The van der Waals surface area contributed by atoms with E-state index in [1.165, 1.54) is 5.56 Å². The number of hydrogen-bond donors (Lipinski definition) is 2. The van der Waals surface area contributed by atoms with Gasteiger partial charge in [0.25, 0.3) is 0 Å². The normalized spacial score (nSPS) is 11.6. The second-order valence-corrected chi connectivity index (χ2v) is 5.55. The summed E-state index contributed by atoms with van der Waals surface area (Å²) in [4.78, 5) is 0. The molecule has 0 aromatic heterocycles. The quantitative estimate of drug-likeness (QED) is 0.691. The average molecular weight is 279 g/mol. The molecule has 20 heavy (non-hydrogen) atoms. The van der Waals surface area contributed by atoms with Gasteiger partial charge in [0.1, 0.15) is 12.4 Å². The molecule has 0 aliphatic heterocycles. The first-order chi connectivity index (χ1) is 9.63. The summed E-state index contributed by atoms with van der Waals surface area (Å²) >= 11 is 0. The van der Waals surface area contributed by atoms with Crippen LogP contribution in [-0.4, -0.2) is 23.9 Å². The summed E-state index contributed by atoms with van der Waals surface area (Å²) in [5.41, 5.74) is 6.07. The molecular weight excluding hydrogens is 250 g/mol. The van der Waals surface area contributed by atoms with E-state index in [1.807, 2.05) is 18.2 Å². The highest BCUT2D eigenvalue weighted by atomic mass is 16.5. The van der Waals surface area contributed by atoms with E-state index in [2.05, 4.69) is 19.9 Å². The van der Waals surface area contributed by atoms with Crippen LogP contribution in [0.25, 0.3) is 0 Å². The van der Waals surface area contributed by atoms with Gasteiger partial charge < -0.3 is 15.6 Å². The highest BCUT2D eigenvalue weighted by molar-refractivity contribution is 5.28. The Hall–Kier alpha value is -1.06. The van der Waals surface area contributed by atoms with Gasteiger partial charge in [0.15, 0.2) is 0 Å². The third kappa shape index (κ3) is 5.93. The number of hydrogen-bond acceptors (Lipinski definition) is 3. The monoisotopic (exact) mass is 279 g/mol. The maximum absolute atomic E-state index is 10.5. The van der Waals surface area contributed by atoms with E-state index in [4.69, 9.17) is 10.5 Å². The molecule has 1 aromatic carbocycles. The minimum atomic E-state index is -0.698. The minimum Gasteiger partial charge on any atom is -0.491 e. The van der Waals surface area contributed by atoms with Crippen molar-refractivity contribution in [3.63, 3.8) is 0 Å². The summed E-state index contributed by atoms with van der Waals surface area (Å²) in [5.74, 6) is 0.838. The van der Waals surface area contributed by atoms with Crippen LogP contribution in [0.4, 0.5) is 0 Å². The van der Waals surface area contributed by atoms with E-state index >= 15 is 0 Å². The van der Waals surface area contributed by atoms with Gasteiger partial charge in [0.05, 0.1) is 5.60 Å². The van der Waals surface area contributed by atoms with Crippen molar-refractivity contribution in [3.8, 4) is 5.75 Å². The predicted molar refractivity (Wildman–Crippen MR) is 84.1 cm³/mol. The van der Waals surface area contributed by atoms with Gasteiger partial charge in [-0.15, -0.1) is 0 Å². The first kappa shape index (κ1) is 17.0. The number of benzene rings is 1. The highest BCUT2D eigenvalue weighted by Crippen LogP contribution is 2.22. The average Bonchev–Trinajstić information content (AvgIpc) is 2.44. The van der Waals surface area contributed by atoms with E-state index in [1.54, 1.807) is 0 Å². The number of rotatable bonds is 10. The molecule has 0 atom stereocenters. The van der Waals surface area contributed by atoms with Gasteiger partial charge in [-0.3, -0.25) is 0 Å². The van der Waals surface area contributed by atoms with Crippen LogP contribution in [0.2, 0.25) is 0 Å². The Kier molecular flexibility index (Phi) is 7.63. The Morgan fingerprint density at radius 3 is 2.50 bits per heavy atom. The molecule has 114 valence electrons. The lowest BCUT2D eigenvalue weighted by molar-refractivity contribution is -0.0202. The summed E-state index contributed by atoms with van der Waals surface area (Å²) in [5, 5.41) is 10.5. The molecule has 3 nitrogen and oxygen atoms in total. The molecule has 0 unspecified atom stereocenters. The molecule has 0 amide bonds. The third-order valence-electron chi connectivity index (χ3n) is 3.51. The Bertz CT molecular complexity index is 373. The molecule has 0 spiro atoms. The van der Waals surface area contributed by atoms with Crippen LogP contribution in [0.5, 0.6) is 5.75 Å². The van der Waals surface area contributed by atoms with Crippen LogP contribution in [0.15, 0.2) is 24.3 Å².